The molecule has 0 fully saturated rings. The normalized spacial score (nSPS) is 12.3. The van der Waals surface area contributed by atoms with Gasteiger partial charge in [-0.05, 0) is 41.9 Å². The number of hydrogen-bond acceptors (Lipinski definition) is 3. The monoisotopic (exact) mass is 268 g/mol. The first-order valence-corrected chi connectivity index (χ1v) is 5.58. The Balaban J connectivity index is 2.44. The third kappa shape index (κ3) is 2.38. The maximum absolute atomic E-state index is 5.92. The number of halogens is 1. The smallest absolute Gasteiger partial charge is 0.197 e. The van der Waals surface area contributed by atoms with E-state index in [-0.39, 0.29) is 5.54 Å². The summed E-state index contributed by atoms with van der Waals surface area (Å²) in [5, 5.41) is 0. The lowest BCUT2D eigenvalue weighted by Gasteiger charge is -2.14. The lowest BCUT2D eigenvalue weighted by atomic mass is 10.0. The van der Waals surface area contributed by atoms with Gasteiger partial charge in [-0.15, -0.1) is 0 Å². The predicted octanol–water partition coefficient (Wildman–Crippen LogP) is 2.87. The van der Waals surface area contributed by atoms with Gasteiger partial charge in [0.1, 0.15) is 5.52 Å². The minimum absolute atomic E-state index is 0.298. The lowest BCUT2D eigenvalue weighted by Crippen LogP contribution is -2.34. The van der Waals surface area contributed by atoms with E-state index in [2.05, 4.69) is 20.9 Å². The lowest BCUT2D eigenvalue weighted by molar-refractivity contribution is 0.433. The van der Waals surface area contributed by atoms with Crippen molar-refractivity contribution in [2.45, 2.75) is 25.8 Å². The van der Waals surface area contributed by atoms with Gasteiger partial charge in [0.15, 0.2) is 11.5 Å². The van der Waals surface area contributed by atoms with Crippen LogP contribution in [0.4, 0.5) is 0 Å². The molecule has 0 spiro atoms. The first-order valence-electron chi connectivity index (χ1n) is 4.78. The first kappa shape index (κ1) is 10.6. The number of hydrogen-bond donors (Lipinski definition) is 1. The molecule has 2 aromatic rings. The summed E-state index contributed by atoms with van der Waals surface area (Å²) in [6.45, 7) is 3.91. The summed E-state index contributed by atoms with van der Waals surface area (Å²) in [6.07, 6.45) is 0.633. The Morgan fingerprint density at radius 3 is 2.80 bits per heavy atom. The van der Waals surface area contributed by atoms with Crippen molar-refractivity contribution in [3.63, 3.8) is 0 Å². The number of fused-ring (bicyclic) bond motifs is 1. The van der Waals surface area contributed by atoms with E-state index in [1.54, 1.807) is 0 Å². The van der Waals surface area contributed by atoms with E-state index in [1.807, 2.05) is 32.0 Å². The fourth-order valence-electron chi connectivity index (χ4n) is 1.43. The summed E-state index contributed by atoms with van der Waals surface area (Å²) < 4.78 is 6.56. The average Bonchev–Trinajstić information content (AvgIpc) is 2.45. The van der Waals surface area contributed by atoms with Crippen LogP contribution in [-0.2, 0) is 6.42 Å². The molecule has 0 saturated heterocycles. The van der Waals surface area contributed by atoms with E-state index < -0.39 is 0 Å². The number of aromatic nitrogens is 1. The number of para-hydroxylation sites is 1. The zero-order valence-electron chi connectivity index (χ0n) is 8.75. The molecular weight excluding hydrogens is 256 g/mol. The Hall–Kier alpha value is -0.870. The van der Waals surface area contributed by atoms with Gasteiger partial charge in [0.05, 0.1) is 4.47 Å². The molecule has 2 rings (SSSR count). The molecule has 1 aromatic heterocycles. The minimum atomic E-state index is -0.298. The van der Waals surface area contributed by atoms with Crippen molar-refractivity contribution in [3.05, 3.63) is 28.6 Å². The van der Waals surface area contributed by atoms with E-state index in [9.17, 15) is 0 Å². The summed E-state index contributed by atoms with van der Waals surface area (Å²) in [5.41, 5.74) is 7.27. The van der Waals surface area contributed by atoms with E-state index in [1.165, 1.54) is 0 Å². The van der Waals surface area contributed by atoms with Gasteiger partial charge in [-0.2, -0.15) is 0 Å². The number of benzene rings is 1. The third-order valence-corrected chi connectivity index (χ3v) is 2.64. The third-order valence-electron chi connectivity index (χ3n) is 2.02. The molecule has 1 heterocycles. The van der Waals surface area contributed by atoms with Gasteiger partial charge in [-0.3, -0.25) is 0 Å². The number of rotatable bonds is 2. The molecule has 0 aliphatic rings. The largest absolute Gasteiger partial charge is 0.439 e. The highest BCUT2D eigenvalue weighted by Gasteiger charge is 2.17. The molecule has 0 aliphatic heterocycles. The second kappa shape index (κ2) is 3.61. The summed E-state index contributed by atoms with van der Waals surface area (Å²) >= 11 is 3.42. The van der Waals surface area contributed by atoms with Crippen molar-refractivity contribution in [2.75, 3.05) is 0 Å². The molecule has 15 heavy (non-hydrogen) atoms. The van der Waals surface area contributed by atoms with Gasteiger partial charge in [0.2, 0.25) is 0 Å². The molecule has 80 valence electrons. The van der Waals surface area contributed by atoms with Crippen LogP contribution in [0.5, 0.6) is 0 Å². The zero-order chi connectivity index (χ0) is 11.1. The number of oxazole rings is 1. The van der Waals surface area contributed by atoms with Crippen molar-refractivity contribution in [3.8, 4) is 0 Å². The second-order valence-corrected chi connectivity index (χ2v) is 5.22. The van der Waals surface area contributed by atoms with Crippen LogP contribution in [0.3, 0.4) is 0 Å². The molecule has 0 amide bonds. The fraction of sp³-hybridized carbons (Fsp3) is 0.364. The highest BCUT2D eigenvalue weighted by atomic mass is 79.9. The fourth-order valence-corrected chi connectivity index (χ4v) is 1.86. The Labute approximate surface area is 96.8 Å². The molecule has 1 aromatic carbocycles. The minimum Gasteiger partial charge on any atom is -0.439 e. The maximum atomic E-state index is 5.92. The van der Waals surface area contributed by atoms with Crippen molar-refractivity contribution in [2.24, 2.45) is 5.73 Å². The molecule has 0 aliphatic carbocycles. The Kier molecular flexibility index (Phi) is 2.56. The predicted molar refractivity (Wildman–Crippen MR) is 63.7 cm³/mol. The van der Waals surface area contributed by atoms with Crippen LogP contribution in [0, 0.1) is 0 Å². The highest BCUT2D eigenvalue weighted by molar-refractivity contribution is 9.10. The molecule has 0 bridgehead atoms. The molecule has 0 saturated carbocycles. The molecule has 4 heteroatoms. The SMILES string of the molecule is CC(C)(N)Cc1nc2cccc(Br)c2o1. The first-order chi connectivity index (χ1) is 6.96. The van der Waals surface area contributed by atoms with Crippen LogP contribution >= 0.6 is 15.9 Å². The highest BCUT2D eigenvalue weighted by Crippen LogP contribution is 2.25. The molecule has 0 radical (unpaired) electrons. The van der Waals surface area contributed by atoms with Crippen molar-refractivity contribution < 1.29 is 4.42 Å². The summed E-state index contributed by atoms with van der Waals surface area (Å²) in [5.74, 6) is 0.685. The quantitative estimate of drug-likeness (QED) is 0.912. The number of nitrogens with zero attached hydrogens (tertiary/aromatic N) is 1. The van der Waals surface area contributed by atoms with Crippen LogP contribution in [0.15, 0.2) is 27.1 Å². The Morgan fingerprint density at radius 2 is 2.20 bits per heavy atom. The van der Waals surface area contributed by atoms with Gasteiger partial charge in [0, 0.05) is 12.0 Å². The molecule has 0 unspecified atom stereocenters. The topological polar surface area (TPSA) is 52.0 Å². The zero-order valence-corrected chi connectivity index (χ0v) is 10.3. The Morgan fingerprint density at radius 1 is 1.47 bits per heavy atom. The van der Waals surface area contributed by atoms with Gasteiger partial charge < -0.3 is 10.2 Å². The maximum Gasteiger partial charge on any atom is 0.197 e. The van der Waals surface area contributed by atoms with Crippen LogP contribution in [-0.4, -0.2) is 10.5 Å². The number of nitrogens with two attached hydrogens (primary N) is 1. The average molecular weight is 269 g/mol. The van der Waals surface area contributed by atoms with E-state index >= 15 is 0 Å². The standard InChI is InChI=1S/C11H13BrN2O/c1-11(2,13)6-9-14-8-5-3-4-7(12)10(8)15-9/h3-5H,6,13H2,1-2H3. The summed E-state index contributed by atoms with van der Waals surface area (Å²) in [4.78, 5) is 4.38. The van der Waals surface area contributed by atoms with Gasteiger partial charge >= 0.3 is 0 Å². The van der Waals surface area contributed by atoms with Gasteiger partial charge in [-0.25, -0.2) is 4.98 Å². The van der Waals surface area contributed by atoms with E-state index in [4.69, 9.17) is 10.2 Å². The van der Waals surface area contributed by atoms with Crippen LogP contribution in [0.1, 0.15) is 19.7 Å². The summed E-state index contributed by atoms with van der Waals surface area (Å²) in [7, 11) is 0. The molecule has 0 atom stereocenters. The van der Waals surface area contributed by atoms with Crippen molar-refractivity contribution in [1.82, 2.24) is 4.98 Å². The molecule has 3 nitrogen and oxygen atoms in total. The van der Waals surface area contributed by atoms with Crippen LogP contribution < -0.4 is 5.73 Å². The van der Waals surface area contributed by atoms with E-state index in [0.717, 1.165) is 15.6 Å². The van der Waals surface area contributed by atoms with Crippen LogP contribution in [0.2, 0.25) is 0 Å². The Bertz CT molecular complexity index is 485. The molecular formula is C11H13BrN2O. The van der Waals surface area contributed by atoms with Crippen LogP contribution in [0.25, 0.3) is 11.1 Å². The van der Waals surface area contributed by atoms with E-state index in [0.29, 0.717) is 12.3 Å². The van der Waals surface area contributed by atoms with Gasteiger partial charge in [0.25, 0.3) is 0 Å². The van der Waals surface area contributed by atoms with Crippen molar-refractivity contribution in [1.29, 1.82) is 0 Å². The van der Waals surface area contributed by atoms with Gasteiger partial charge in [-0.1, -0.05) is 6.07 Å². The van der Waals surface area contributed by atoms with Crippen molar-refractivity contribution >= 4 is 27.0 Å². The second-order valence-electron chi connectivity index (χ2n) is 4.36. The molecule has 2 N–H and O–H groups in total. The summed E-state index contributed by atoms with van der Waals surface area (Å²) in [6, 6.07) is 5.80.